The Balaban J connectivity index is 2.51. The van der Waals surface area contributed by atoms with Gasteiger partial charge in [0.2, 0.25) is 0 Å². The molecule has 17 heavy (non-hydrogen) atoms. The highest BCUT2D eigenvalue weighted by molar-refractivity contribution is 5.35. The van der Waals surface area contributed by atoms with E-state index in [-0.39, 0.29) is 5.41 Å². The third-order valence-electron chi connectivity index (χ3n) is 4.30. The quantitative estimate of drug-likeness (QED) is 0.875. The Kier molecular flexibility index (Phi) is 3.30. The maximum absolute atomic E-state index is 6.09. The van der Waals surface area contributed by atoms with Crippen molar-refractivity contribution in [2.24, 2.45) is 5.73 Å². The van der Waals surface area contributed by atoms with Crippen molar-refractivity contribution in [2.45, 2.75) is 64.8 Å². The number of rotatable bonds is 3. The molecule has 96 valence electrons. The number of hydrogen-bond donors (Lipinski definition) is 1. The first-order chi connectivity index (χ1) is 8.02. The van der Waals surface area contributed by atoms with Crippen LogP contribution in [0.4, 0.5) is 0 Å². The number of hydrogen-bond acceptors (Lipinski definition) is 2. The highest BCUT2D eigenvalue weighted by atomic mass is 15.3. The molecule has 1 heterocycles. The van der Waals surface area contributed by atoms with Crippen molar-refractivity contribution >= 4 is 0 Å². The summed E-state index contributed by atoms with van der Waals surface area (Å²) in [5.41, 5.74) is 10.2. The summed E-state index contributed by atoms with van der Waals surface area (Å²) in [6.07, 6.45) is 5.08. The van der Waals surface area contributed by atoms with Crippen LogP contribution in [-0.2, 0) is 5.41 Å². The minimum Gasteiger partial charge on any atom is -0.330 e. The predicted molar refractivity (Wildman–Crippen MR) is 71.3 cm³/mol. The monoisotopic (exact) mass is 235 g/mol. The highest BCUT2D eigenvalue weighted by Gasteiger charge is 2.38. The first kappa shape index (κ1) is 12.6. The zero-order chi connectivity index (χ0) is 12.6. The standard InChI is InChI=1S/C14H25N3/c1-10(2)17-12(4)13(11(3)16-17)14(9-15)7-5-6-8-14/h10H,5-9,15H2,1-4H3. The highest BCUT2D eigenvalue weighted by Crippen LogP contribution is 2.43. The molecule has 1 aromatic heterocycles. The van der Waals surface area contributed by atoms with Gasteiger partial charge in [0, 0.05) is 29.3 Å². The number of aryl methyl sites for hydroxylation is 1. The molecule has 0 bridgehead atoms. The average molecular weight is 235 g/mol. The lowest BCUT2D eigenvalue weighted by Crippen LogP contribution is -2.33. The van der Waals surface area contributed by atoms with E-state index in [1.54, 1.807) is 0 Å². The fourth-order valence-electron chi connectivity index (χ4n) is 3.54. The van der Waals surface area contributed by atoms with Crippen molar-refractivity contribution in [2.75, 3.05) is 6.54 Å². The topological polar surface area (TPSA) is 43.8 Å². The molecule has 1 fully saturated rings. The summed E-state index contributed by atoms with van der Waals surface area (Å²) in [7, 11) is 0. The molecule has 1 aromatic rings. The van der Waals surface area contributed by atoms with Crippen molar-refractivity contribution < 1.29 is 0 Å². The molecule has 3 heteroatoms. The Morgan fingerprint density at radius 3 is 2.29 bits per heavy atom. The van der Waals surface area contributed by atoms with Crippen LogP contribution in [0.25, 0.3) is 0 Å². The fourth-order valence-corrected chi connectivity index (χ4v) is 3.54. The van der Waals surface area contributed by atoms with Gasteiger partial charge < -0.3 is 5.73 Å². The molecule has 1 aliphatic carbocycles. The summed E-state index contributed by atoms with van der Waals surface area (Å²) in [4.78, 5) is 0. The smallest absolute Gasteiger partial charge is 0.0634 e. The van der Waals surface area contributed by atoms with Crippen LogP contribution in [0.15, 0.2) is 0 Å². The Morgan fingerprint density at radius 1 is 1.29 bits per heavy atom. The molecule has 0 amide bonds. The second-order valence-corrected chi connectivity index (χ2v) is 5.78. The van der Waals surface area contributed by atoms with E-state index in [9.17, 15) is 0 Å². The summed E-state index contributed by atoms with van der Waals surface area (Å²) in [6, 6.07) is 0.429. The second-order valence-electron chi connectivity index (χ2n) is 5.78. The van der Waals surface area contributed by atoms with Gasteiger partial charge in [0.1, 0.15) is 0 Å². The van der Waals surface area contributed by atoms with Crippen molar-refractivity contribution in [1.82, 2.24) is 9.78 Å². The molecule has 0 atom stereocenters. The summed E-state index contributed by atoms with van der Waals surface area (Å²) >= 11 is 0. The van der Waals surface area contributed by atoms with Gasteiger partial charge in [-0.05, 0) is 40.5 Å². The molecule has 1 saturated carbocycles. The van der Waals surface area contributed by atoms with E-state index < -0.39 is 0 Å². The molecular weight excluding hydrogens is 210 g/mol. The molecule has 0 radical (unpaired) electrons. The molecule has 0 aromatic carbocycles. The molecule has 0 saturated heterocycles. The minimum atomic E-state index is 0.210. The van der Waals surface area contributed by atoms with Crippen LogP contribution in [0.5, 0.6) is 0 Å². The molecule has 0 aliphatic heterocycles. The normalized spacial score (nSPS) is 19.2. The van der Waals surface area contributed by atoms with E-state index in [0.717, 1.165) is 6.54 Å². The van der Waals surface area contributed by atoms with Crippen molar-refractivity contribution in [1.29, 1.82) is 0 Å². The van der Waals surface area contributed by atoms with E-state index in [1.165, 1.54) is 42.6 Å². The molecule has 2 N–H and O–H groups in total. The van der Waals surface area contributed by atoms with Crippen molar-refractivity contribution in [3.8, 4) is 0 Å². The Bertz CT molecular complexity index is 398. The predicted octanol–water partition coefficient (Wildman–Crippen LogP) is 2.85. The van der Waals surface area contributed by atoms with Crippen LogP contribution in [0.1, 0.15) is 62.5 Å². The molecular formula is C14H25N3. The van der Waals surface area contributed by atoms with Crippen LogP contribution < -0.4 is 5.73 Å². The minimum absolute atomic E-state index is 0.210. The molecule has 2 rings (SSSR count). The van der Waals surface area contributed by atoms with Gasteiger partial charge >= 0.3 is 0 Å². The third kappa shape index (κ3) is 1.90. The largest absolute Gasteiger partial charge is 0.330 e. The summed E-state index contributed by atoms with van der Waals surface area (Å²) in [5, 5.41) is 4.71. The van der Waals surface area contributed by atoms with Gasteiger partial charge in [-0.2, -0.15) is 5.10 Å². The van der Waals surface area contributed by atoms with E-state index in [0.29, 0.717) is 6.04 Å². The fraction of sp³-hybridized carbons (Fsp3) is 0.786. The SMILES string of the molecule is Cc1nn(C(C)C)c(C)c1C1(CN)CCCC1. The molecule has 0 unspecified atom stereocenters. The van der Waals surface area contributed by atoms with Crippen LogP contribution in [-0.4, -0.2) is 16.3 Å². The van der Waals surface area contributed by atoms with Gasteiger partial charge in [-0.3, -0.25) is 4.68 Å². The van der Waals surface area contributed by atoms with Crippen LogP contribution in [0, 0.1) is 13.8 Å². The van der Waals surface area contributed by atoms with Crippen molar-refractivity contribution in [3.05, 3.63) is 17.0 Å². The molecule has 3 nitrogen and oxygen atoms in total. The zero-order valence-corrected chi connectivity index (χ0v) is 11.6. The Hall–Kier alpha value is -0.830. The van der Waals surface area contributed by atoms with Gasteiger partial charge in [-0.1, -0.05) is 12.8 Å². The van der Waals surface area contributed by atoms with Gasteiger partial charge in [0.05, 0.1) is 5.69 Å². The Labute approximate surface area is 104 Å². The number of nitrogens with two attached hydrogens (primary N) is 1. The van der Waals surface area contributed by atoms with E-state index in [4.69, 9.17) is 10.8 Å². The summed E-state index contributed by atoms with van der Waals surface area (Å²) in [6.45, 7) is 9.47. The first-order valence-corrected chi connectivity index (χ1v) is 6.78. The first-order valence-electron chi connectivity index (χ1n) is 6.78. The van der Waals surface area contributed by atoms with E-state index in [1.807, 2.05) is 0 Å². The van der Waals surface area contributed by atoms with Gasteiger partial charge in [0.25, 0.3) is 0 Å². The van der Waals surface area contributed by atoms with Crippen LogP contribution in [0.2, 0.25) is 0 Å². The van der Waals surface area contributed by atoms with Crippen LogP contribution >= 0.6 is 0 Å². The Morgan fingerprint density at radius 2 is 1.88 bits per heavy atom. The molecule has 0 spiro atoms. The van der Waals surface area contributed by atoms with Crippen LogP contribution in [0.3, 0.4) is 0 Å². The maximum Gasteiger partial charge on any atom is 0.0634 e. The number of nitrogens with zero attached hydrogens (tertiary/aromatic N) is 2. The number of aromatic nitrogens is 2. The van der Waals surface area contributed by atoms with E-state index in [2.05, 4.69) is 32.4 Å². The zero-order valence-electron chi connectivity index (χ0n) is 11.6. The lowest BCUT2D eigenvalue weighted by molar-refractivity contribution is 0.444. The van der Waals surface area contributed by atoms with Crippen molar-refractivity contribution in [3.63, 3.8) is 0 Å². The summed E-state index contributed by atoms with van der Waals surface area (Å²) in [5.74, 6) is 0. The van der Waals surface area contributed by atoms with Gasteiger partial charge in [-0.15, -0.1) is 0 Å². The lowest BCUT2D eigenvalue weighted by atomic mass is 9.78. The molecule has 1 aliphatic rings. The third-order valence-corrected chi connectivity index (χ3v) is 4.30. The van der Waals surface area contributed by atoms with E-state index >= 15 is 0 Å². The lowest BCUT2D eigenvalue weighted by Gasteiger charge is -2.28. The van der Waals surface area contributed by atoms with Gasteiger partial charge in [0.15, 0.2) is 0 Å². The van der Waals surface area contributed by atoms with Gasteiger partial charge in [-0.25, -0.2) is 0 Å². The summed E-state index contributed by atoms with van der Waals surface area (Å²) < 4.78 is 2.15. The second kappa shape index (κ2) is 4.45. The average Bonchev–Trinajstić information content (AvgIpc) is 2.84. The maximum atomic E-state index is 6.09.